The van der Waals surface area contributed by atoms with Gasteiger partial charge in [-0.3, -0.25) is 0 Å². The summed E-state index contributed by atoms with van der Waals surface area (Å²) in [5.41, 5.74) is 0. The fourth-order valence-corrected chi connectivity index (χ4v) is 2.98. The second-order valence-corrected chi connectivity index (χ2v) is 6.64. The van der Waals surface area contributed by atoms with Crippen molar-refractivity contribution < 1.29 is 14.0 Å². The molecule has 1 N–H and O–H groups in total. The van der Waals surface area contributed by atoms with Crippen molar-refractivity contribution in [1.82, 2.24) is 25.4 Å². The van der Waals surface area contributed by atoms with E-state index in [0.29, 0.717) is 17.5 Å². The summed E-state index contributed by atoms with van der Waals surface area (Å²) in [5, 5.41) is 7.56. The van der Waals surface area contributed by atoms with E-state index in [9.17, 15) is 0 Å². The average Bonchev–Trinajstić information content (AvgIpc) is 3.11. The van der Waals surface area contributed by atoms with E-state index in [2.05, 4.69) is 25.4 Å². The lowest BCUT2D eigenvalue weighted by Gasteiger charge is -2.34. The van der Waals surface area contributed by atoms with Crippen LogP contribution in [0.1, 0.15) is 44.0 Å². The van der Waals surface area contributed by atoms with Crippen LogP contribution in [0.2, 0.25) is 5.28 Å². The monoisotopic (exact) mass is 367 g/mol. The molecule has 1 aliphatic rings. The van der Waals surface area contributed by atoms with E-state index < -0.39 is 6.10 Å². The number of piperidine rings is 1. The van der Waals surface area contributed by atoms with E-state index in [1.54, 1.807) is 7.11 Å². The van der Waals surface area contributed by atoms with Crippen LogP contribution < -0.4 is 10.1 Å². The van der Waals surface area contributed by atoms with Gasteiger partial charge in [-0.1, -0.05) is 19.0 Å². The van der Waals surface area contributed by atoms with Gasteiger partial charge in [-0.2, -0.15) is 4.98 Å². The number of hydrogen-bond donors (Lipinski definition) is 1. The highest BCUT2D eigenvalue weighted by Gasteiger charge is 2.38. The highest BCUT2D eigenvalue weighted by atomic mass is 35.5. The van der Waals surface area contributed by atoms with Crippen molar-refractivity contribution in [2.24, 2.45) is 5.92 Å². The topological polar surface area (TPSA) is 95.2 Å². The van der Waals surface area contributed by atoms with Gasteiger partial charge in [0.25, 0.3) is 5.89 Å². The minimum Gasteiger partial charge on any atom is -0.477 e. The van der Waals surface area contributed by atoms with Crippen LogP contribution in [0.4, 0.5) is 0 Å². The number of hydrogen-bond acceptors (Lipinski definition) is 8. The number of nitrogens with one attached hydrogen (secondary N) is 1. The Balaban J connectivity index is 1.90. The van der Waals surface area contributed by atoms with Crippen LogP contribution in [0.3, 0.4) is 0 Å². The summed E-state index contributed by atoms with van der Waals surface area (Å²) < 4.78 is 17.3. The Bertz CT molecular complexity index is 679. The molecule has 3 unspecified atom stereocenters. The molecule has 1 aliphatic heterocycles. The molecule has 0 saturated carbocycles. The summed E-state index contributed by atoms with van der Waals surface area (Å²) in [7, 11) is 1.69. The molecule has 136 valence electrons. The Morgan fingerprint density at radius 2 is 2.08 bits per heavy atom. The van der Waals surface area contributed by atoms with Crippen molar-refractivity contribution in [2.45, 2.75) is 38.4 Å². The van der Waals surface area contributed by atoms with Crippen LogP contribution in [0.25, 0.3) is 0 Å². The average molecular weight is 368 g/mol. The maximum absolute atomic E-state index is 6.13. The number of aromatic nitrogens is 4. The molecule has 0 aromatic carbocycles. The molecule has 25 heavy (non-hydrogen) atoms. The van der Waals surface area contributed by atoms with Crippen molar-refractivity contribution in [3.8, 4) is 5.75 Å². The third kappa shape index (κ3) is 4.26. The SMILES string of the molecule is COC1CNCCC1C(Oc1cnc(Cl)nc1)c1nc(C(C)C)no1. The van der Waals surface area contributed by atoms with Crippen molar-refractivity contribution >= 4 is 11.6 Å². The first kappa shape index (κ1) is 18.0. The highest BCUT2D eigenvalue weighted by Crippen LogP contribution is 2.34. The third-order valence-electron chi connectivity index (χ3n) is 4.25. The zero-order valence-corrected chi connectivity index (χ0v) is 15.2. The lowest BCUT2D eigenvalue weighted by Crippen LogP contribution is -2.45. The van der Waals surface area contributed by atoms with Crippen LogP contribution in [-0.4, -0.2) is 46.4 Å². The summed E-state index contributed by atoms with van der Waals surface area (Å²) >= 11 is 5.75. The molecule has 2 aromatic rings. The molecular formula is C16H22ClN5O3. The molecule has 0 amide bonds. The van der Waals surface area contributed by atoms with Gasteiger partial charge >= 0.3 is 0 Å². The predicted octanol–water partition coefficient (Wildman–Crippen LogP) is 2.38. The number of rotatable bonds is 6. The summed E-state index contributed by atoms with van der Waals surface area (Å²) in [6.45, 7) is 5.63. The van der Waals surface area contributed by atoms with Crippen molar-refractivity contribution in [3.05, 3.63) is 29.4 Å². The molecule has 1 fully saturated rings. The number of ether oxygens (including phenoxy) is 2. The van der Waals surface area contributed by atoms with Gasteiger partial charge in [0.1, 0.15) is 0 Å². The van der Waals surface area contributed by atoms with E-state index >= 15 is 0 Å². The van der Waals surface area contributed by atoms with E-state index in [1.807, 2.05) is 13.8 Å². The Labute approximate surface area is 151 Å². The number of halogens is 1. The van der Waals surface area contributed by atoms with Crippen molar-refractivity contribution in [3.63, 3.8) is 0 Å². The first-order valence-electron chi connectivity index (χ1n) is 8.29. The lowest BCUT2D eigenvalue weighted by atomic mass is 9.89. The Hall–Kier alpha value is -1.77. The Morgan fingerprint density at radius 1 is 1.32 bits per heavy atom. The third-order valence-corrected chi connectivity index (χ3v) is 4.44. The molecule has 9 heteroatoms. The normalized spacial score (nSPS) is 22.1. The molecule has 8 nitrogen and oxygen atoms in total. The summed E-state index contributed by atoms with van der Waals surface area (Å²) in [4.78, 5) is 12.4. The minimum atomic E-state index is -0.447. The number of methoxy groups -OCH3 is 1. The van der Waals surface area contributed by atoms with Crippen molar-refractivity contribution in [1.29, 1.82) is 0 Å². The molecule has 0 radical (unpaired) electrons. The van der Waals surface area contributed by atoms with Gasteiger partial charge in [-0.15, -0.1) is 0 Å². The van der Waals surface area contributed by atoms with Crippen LogP contribution >= 0.6 is 11.6 Å². The molecule has 0 aliphatic carbocycles. The Kier molecular flexibility index (Phi) is 5.82. The molecular weight excluding hydrogens is 346 g/mol. The second-order valence-electron chi connectivity index (χ2n) is 6.30. The maximum Gasteiger partial charge on any atom is 0.268 e. The van der Waals surface area contributed by atoms with Gasteiger partial charge in [0.2, 0.25) is 5.28 Å². The highest BCUT2D eigenvalue weighted by molar-refractivity contribution is 6.28. The number of nitrogens with zero attached hydrogens (tertiary/aromatic N) is 4. The molecule has 3 heterocycles. The summed E-state index contributed by atoms with van der Waals surface area (Å²) in [6.07, 6.45) is 3.45. The predicted molar refractivity (Wildman–Crippen MR) is 90.6 cm³/mol. The maximum atomic E-state index is 6.13. The lowest BCUT2D eigenvalue weighted by molar-refractivity contribution is -0.0307. The second kappa shape index (κ2) is 8.07. The first-order valence-corrected chi connectivity index (χ1v) is 8.67. The first-order chi connectivity index (χ1) is 12.1. The molecule has 3 rings (SSSR count). The fraction of sp³-hybridized carbons (Fsp3) is 0.625. The zero-order valence-electron chi connectivity index (χ0n) is 14.5. The van der Waals surface area contributed by atoms with Crippen LogP contribution in [0, 0.1) is 5.92 Å². The van der Waals surface area contributed by atoms with Gasteiger partial charge in [0, 0.05) is 25.5 Å². The van der Waals surface area contributed by atoms with Gasteiger partial charge in [0.15, 0.2) is 17.7 Å². The van der Waals surface area contributed by atoms with E-state index in [4.69, 9.17) is 25.6 Å². The van der Waals surface area contributed by atoms with E-state index in [-0.39, 0.29) is 23.2 Å². The summed E-state index contributed by atoms with van der Waals surface area (Å²) in [5.74, 6) is 1.81. The zero-order chi connectivity index (χ0) is 17.8. The van der Waals surface area contributed by atoms with Crippen LogP contribution in [0.5, 0.6) is 5.75 Å². The molecule has 2 aromatic heterocycles. The summed E-state index contributed by atoms with van der Waals surface area (Å²) in [6, 6.07) is 0. The van der Waals surface area contributed by atoms with E-state index in [0.717, 1.165) is 19.5 Å². The quantitative estimate of drug-likeness (QED) is 0.777. The molecule has 1 saturated heterocycles. The molecule has 0 bridgehead atoms. The standard InChI is InChI=1S/C16H22ClN5O3/c1-9(2)14-21-15(25-22-14)13(11-4-5-18-8-12(11)23-3)24-10-6-19-16(17)20-7-10/h6-7,9,11-13,18H,4-5,8H2,1-3H3. The van der Waals surface area contributed by atoms with Gasteiger partial charge in [0.05, 0.1) is 18.5 Å². The van der Waals surface area contributed by atoms with Crippen molar-refractivity contribution in [2.75, 3.05) is 20.2 Å². The van der Waals surface area contributed by atoms with Gasteiger partial charge in [-0.05, 0) is 24.6 Å². The minimum absolute atomic E-state index is 0.0265. The smallest absolute Gasteiger partial charge is 0.268 e. The largest absolute Gasteiger partial charge is 0.477 e. The fourth-order valence-electron chi connectivity index (χ4n) is 2.88. The van der Waals surface area contributed by atoms with Crippen LogP contribution in [0.15, 0.2) is 16.9 Å². The van der Waals surface area contributed by atoms with Gasteiger partial charge in [-0.25, -0.2) is 9.97 Å². The Morgan fingerprint density at radius 3 is 2.72 bits per heavy atom. The molecule has 0 spiro atoms. The van der Waals surface area contributed by atoms with Crippen LogP contribution in [-0.2, 0) is 4.74 Å². The molecule has 3 atom stereocenters. The van der Waals surface area contributed by atoms with Gasteiger partial charge < -0.3 is 19.3 Å². The van der Waals surface area contributed by atoms with E-state index in [1.165, 1.54) is 12.4 Å².